The van der Waals surface area contributed by atoms with Crippen LogP contribution in [0.1, 0.15) is 73.6 Å². The molecule has 1 unspecified atom stereocenters. The Balaban J connectivity index is 3.92. The van der Waals surface area contributed by atoms with Gasteiger partial charge in [-0.1, -0.05) is 58.6 Å². The van der Waals surface area contributed by atoms with Gasteiger partial charge in [0.15, 0.2) is 0 Å². The number of carbonyl (C=O) groups excluding carboxylic acids is 1. The molecule has 2 nitrogen and oxygen atoms in total. The second kappa shape index (κ2) is 11.6. The van der Waals surface area contributed by atoms with E-state index in [-0.39, 0.29) is 12.1 Å². The molecular formula is C19H34O2. The van der Waals surface area contributed by atoms with Crippen molar-refractivity contribution in [3.8, 4) is 0 Å². The number of unbranched alkanes of at least 4 members (excludes halogenated alkanes) is 1. The zero-order valence-corrected chi connectivity index (χ0v) is 14.8. The molecule has 122 valence electrons. The van der Waals surface area contributed by atoms with Crippen molar-refractivity contribution in [1.82, 2.24) is 0 Å². The SMILES string of the molecule is CC(C=CCC(C)CCCCC(C)C)=CC(=O)OC(C)C. The third-order valence-electron chi connectivity index (χ3n) is 3.34. The second-order valence-electron chi connectivity index (χ2n) is 6.80. The van der Waals surface area contributed by atoms with E-state index < -0.39 is 0 Å². The third-order valence-corrected chi connectivity index (χ3v) is 3.34. The van der Waals surface area contributed by atoms with E-state index in [2.05, 4.69) is 26.8 Å². The standard InChI is InChI=1S/C19H34O2/c1-15(2)10-7-8-11-17(5)12-9-13-18(6)14-19(20)21-16(3)4/h9,13-17H,7-8,10-12H2,1-6H3. The van der Waals surface area contributed by atoms with E-state index in [1.807, 2.05) is 26.8 Å². The number of hydrogen-bond donors (Lipinski definition) is 0. The van der Waals surface area contributed by atoms with E-state index in [0.717, 1.165) is 17.9 Å². The minimum absolute atomic E-state index is 0.0589. The Labute approximate surface area is 131 Å². The van der Waals surface area contributed by atoms with Crippen LogP contribution in [0.15, 0.2) is 23.8 Å². The summed E-state index contributed by atoms with van der Waals surface area (Å²) in [6.45, 7) is 12.5. The van der Waals surface area contributed by atoms with Crippen molar-refractivity contribution in [3.63, 3.8) is 0 Å². The van der Waals surface area contributed by atoms with Gasteiger partial charge < -0.3 is 4.74 Å². The largest absolute Gasteiger partial charge is 0.460 e. The molecular weight excluding hydrogens is 260 g/mol. The Bertz CT molecular complexity index is 337. The van der Waals surface area contributed by atoms with E-state index >= 15 is 0 Å². The van der Waals surface area contributed by atoms with Crippen LogP contribution in [0.5, 0.6) is 0 Å². The number of allylic oxidation sites excluding steroid dienone is 3. The maximum atomic E-state index is 11.5. The summed E-state index contributed by atoms with van der Waals surface area (Å²) < 4.78 is 5.08. The van der Waals surface area contributed by atoms with Gasteiger partial charge in [0.25, 0.3) is 0 Å². The van der Waals surface area contributed by atoms with Crippen molar-refractivity contribution < 1.29 is 9.53 Å². The van der Waals surface area contributed by atoms with Crippen LogP contribution in [0.4, 0.5) is 0 Å². The van der Waals surface area contributed by atoms with Crippen LogP contribution in [0.3, 0.4) is 0 Å². The normalized spacial score (nSPS) is 14.2. The smallest absolute Gasteiger partial charge is 0.331 e. The summed E-state index contributed by atoms with van der Waals surface area (Å²) in [6, 6.07) is 0. The minimum Gasteiger partial charge on any atom is -0.460 e. The molecule has 0 amide bonds. The fourth-order valence-electron chi connectivity index (χ4n) is 2.15. The molecule has 0 saturated carbocycles. The van der Waals surface area contributed by atoms with Crippen LogP contribution in [-0.4, -0.2) is 12.1 Å². The molecule has 0 rings (SSSR count). The third kappa shape index (κ3) is 13.7. The highest BCUT2D eigenvalue weighted by molar-refractivity contribution is 5.83. The molecule has 0 N–H and O–H groups in total. The van der Waals surface area contributed by atoms with Gasteiger partial charge in [-0.25, -0.2) is 4.79 Å². The minimum atomic E-state index is -0.256. The van der Waals surface area contributed by atoms with Crippen LogP contribution < -0.4 is 0 Å². The predicted molar refractivity (Wildman–Crippen MR) is 91.2 cm³/mol. The van der Waals surface area contributed by atoms with Crippen molar-refractivity contribution >= 4 is 5.97 Å². The molecule has 0 aromatic heterocycles. The second-order valence-corrected chi connectivity index (χ2v) is 6.80. The van der Waals surface area contributed by atoms with Crippen molar-refractivity contribution in [2.45, 2.75) is 79.8 Å². The lowest BCUT2D eigenvalue weighted by atomic mass is 9.97. The Kier molecular flexibility index (Phi) is 11.0. The van der Waals surface area contributed by atoms with E-state index in [4.69, 9.17) is 4.74 Å². The number of rotatable bonds is 10. The molecule has 21 heavy (non-hydrogen) atoms. The maximum absolute atomic E-state index is 11.5. The number of esters is 1. The van der Waals surface area contributed by atoms with E-state index in [1.165, 1.54) is 25.7 Å². The predicted octanol–water partition coefficient (Wildman–Crippen LogP) is 5.68. The van der Waals surface area contributed by atoms with Gasteiger partial charge in [0.05, 0.1) is 6.10 Å². The van der Waals surface area contributed by atoms with E-state index in [0.29, 0.717) is 5.92 Å². The quantitative estimate of drug-likeness (QED) is 0.224. The van der Waals surface area contributed by atoms with Crippen LogP contribution in [0, 0.1) is 11.8 Å². The van der Waals surface area contributed by atoms with Crippen molar-refractivity contribution in [1.29, 1.82) is 0 Å². The summed E-state index contributed by atoms with van der Waals surface area (Å²) in [5.74, 6) is 1.27. The number of ether oxygens (including phenoxy) is 1. The first kappa shape index (κ1) is 19.9. The number of hydrogen-bond acceptors (Lipinski definition) is 2. The maximum Gasteiger partial charge on any atom is 0.331 e. The Morgan fingerprint density at radius 3 is 2.24 bits per heavy atom. The number of carbonyl (C=O) groups is 1. The van der Waals surface area contributed by atoms with Gasteiger partial charge >= 0.3 is 5.97 Å². The molecule has 0 radical (unpaired) electrons. The summed E-state index contributed by atoms with van der Waals surface area (Å²) in [5.41, 5.74) is 0.952. The lowest BCUT2D eigenvalue weighted by Gasteiger charge is -2.09. The molecule has 2 heteroatoms. The first-order chi connectivity index (χ1) is 9.81. The van der Waals surface area contributed by atoms with E-state index in [9.17, 15) is 4.79 Å². The molecule has 0 aliphatic carbocycles. The molecule has 0 aromatic carbocycles. The van der Waals surface area contributed by atoms with Crippen LogP contribution in [-0.2, 0) is 9.53 Å². The van der Waals surface area contributed by atoms with Gasteiger partial charge in [-0.05, 0) is 44.6 Å². The Morgan fingerprint density at radius 1 is 1.05 bits per heavy atom. The summed E-state index contributed by atoms with van der Waals surface area (Å²) in [6.07, 6.45) is 12.0. The zero-order chi connectivity index (χ0) is 16.3. The fraction of sp³-hybridized carbons (Fsp3) is 0.737. The Morgan fingerprint density at radius 2 is 1.67 bits per heavy atom. The highest BCUT2D eigenvalue weighted by atomic mass is 16.5. The van der Waals surface area contributed by atoms with Crippen molar-refractivity contribution in [2.24, 2.45) is 11.8 Å². The first-order valence-electron chi connectivity index (χ1n) is 8.36. The van der Waals surface area contributed by atoms with Crippen molar-refractivity contribution in [2.75, 3.05) is 0 Å². The summed E-state index contributed by atoms with van der Waals surface area (Å²) in [4.78, 5) is 11.5. The average Bonchev–Trinajstić information content (AvgIpc) is 2.33. The van der Waals surface area contributed by atoms with Gasteiger partial charge in [0.1, 0.15) is 0 Å². The van der Waals surface area contributed by atoms with E-state index in [1.54, 1.807) is 6.08 Å². The highest BCUT2D eigenvalue weighted by Crippen LogP contribution is 2.16. The molecule has 0 aliphatic rings. The van der Waals surface area contributed by atoms with Gasteiger partial charge in [0.2, 0.25) is 0 Å². The van der Waals surface area contributed by atoms with Crippen molar-refractivity contribution in [3.05, 3.63) is 23.8 Å². The monoisotopic (exact) mass is 294 g/mol. The first-order valence-corrected chi connectivity index (χ1v) is 8.36. The fourth-order valence-corrected chi connectivity index (χ4v) is 2.15. The van der Waals surface area contributed by atoms with Crippen LogP contribution >= 0.6 is 0 Å². The van der Waals surface area contributed by atoms with Gasteiger partial charge in [-0.3, -0.25) is 0 Å². The lowest BCUT2D eigenvalue weighted by molar-refractivity contribution is -0.141. The molecule has 0 fully saturated rings. The topological polar surface area (TPSA) is 26.3 Å². The summed E-state index contributed by atoms with van der Waals surface area (Å²) in [7, 11) is 0. The molecule has 0 spiro atoms. The average molecular weight is 294 g/mol. The molecule has 0 aliphatic heterocycles. The molecule has 0 heterocycles. The molecule has 0 saturated heterocycles. The highest BCUT2D eigenvalue weighted by Gasteiger charge is 2.02. The zero-order valence-electron chi connectivity index (χ0n) is 14.8. The summed E-state index contributed by atoms with van der Waals surface area (Å²) in [5, 5.41) is 0. The Hall–Kier alpha value is -1.05. The van der Waals surface area contributed by atoms with Gasteiger partial charge in [-0.15, -0.1) is 0 Å². The lowest BCUT2D eigenvalue weighted by Crippen LogP contribution is -2.08. The van der Waals surface area contributed by atoms with Crippen LogP contribution in [0.2, 0.25) is 0 Å². The molecule has 1 atom stereocenters. The molecule has 0 bridgehead atoms. The summed E-state index contributed by atoms with van der Waals surface area (Å²) >= 11 is 0. The molecule has 0 aromatic rings. The van der Waals surface area contributed by atoms with Gasteiger partial charge in [-0.2, -0.15) is 0 Å². The van der Waals surface area contributed by atoms with Gasteiger partial charge in [0, 0.05) is 6.08 Å². The van der Waals surface area contributed by atoms with Crippen LogP contribution in [0.25, 0.3) is 0 Å².